The van der Waals surface area contributed by atoms with Crippen molar-refractivity contribution in [2.45, 2.75) is 157 Å². The maximum atomic E-state index is 2.73. The Morgan fingerprint density at radius 3 is 1.00 bits per heavy atom. The monoisotopic (exact) mass is 1380 g/mol. The Labute approximate surface area is 631 Å². The molecule has 0 atom stereocenters. The lowest BCUT2D eigenvalue weighted by molar-refractivity contribution is 0.568. The van der Waals surface area contributed by atoms with Crippen molar-refractivity contribution in [3.63, 3.8) is 0 Å². The molecule has 14 aromatic rings. The molecule has 0 bridgehead atoms. The van der Waals surface area contributed by atoms with Crippen molar-refractivity contribution in [3.8, 4) is 72.4 Å². The molecule has 2 aliphatic heterocycles. The summed E-state index contributed by atoms with van der Waals surface area (Å²) < 4.78 is 2.57. The van der Waals surface area contributed by atoms with Gasteiger partial charge in [-0.1, -0.05) is 349 Å². The molecule has 0 saturated heterocycles. The highest BCUT2D eigenvalue weighted by molar-refractivity contribution is 7.00. The van der Waals surface area contributed by atoms with E-state index in [1.165, 1.54) is 88.3 Å². The SMILES string of the molecule is CC(C)(C)c1cc(-c2ccc3c(c2)N(c2c(-c4ccccc4)cccc2-c2ccccc2)c2cc(-c4ccc(C(C)(C)C)cc4C(C)(C)C)cc4c2B3c2ccc(-n3c5ccc(C(C)(C)C)cc5c5cc(C(C)(C)C)ccc53)cc2N4c2c(-c3ccccc3)cccc2-c2ccccc2)cc(C(C)(C)C)c1. The van der Waals surface area contributed by atoms with Gasteiger partial charge in [-0.25, -0.2) is 0 Å². The first kappa shape index (κ1) is 69.7. The molecule has 4 heteroatoms. The number of rotatable bonds is 9. The maximum Gasteiger partial charge on any atom is 0.252 e. The normalized spacial score (nSPS) is 13.3. The molecule has 526 valence electrons. The van der Waals surface area contributed by atoms with Gasteiger partial charge in [-0.05, 0) is 181 Å². The van der Waals surface area contributed by atoms with Crippen LogP contribution in [-0.2, 0) is 32.5 Å². The zero-order valence-corrected chi connectivity index (χ0v) is 65.5. The Morgan fingerprint density at radius 1 is 0.236 bits per heavy atom. The summed E-state index contributed by atoms with van der Waals surface area (Å²) in [6.07, 6.45) is 0. The molecule has 3 nitrogen and oxygen atoms in total. The second-order valence-corrected chi connectivity index (χ2v) is 36.3. The van der Waals surface area contributed by atoms with Crippen LogP contribution in [-0.4, -0.2) is 11.3 Å². The predicted molar refractivity (Wildman–Crippen MR) is 460 cm³/mol. The van der Waals surface area contributed by atoms with E-state index in [1.54, 1.807) is 0 Å². The summed E-state index contributed by atoms with van der Waals surface area (Å²) in [6.45, 7) is 42.2. The van der Waals surface area contributed by atoms with E-state index in [2.05, 4.69) is 418 Å². The first-order chi connectivity index (χ1) is 50.4. The van der Waals surface area contributed by atoms with Crippen LogP contribution >= 0.6 is 0 Å². The number of hydrogen-bond acceptors (Lipinski definition) is 2. The summed E-state index contributed by atoms with van der Waals surface area (Å²) in [4.78, 5) is 5.46. The van der Waals surface area contributed by atoms with Crippen LogP contribution in [0.5, 0.6) is 0 Å². The minimum atomic E-state index is -0.244. The molecule has 3 heterocycles. The number of nitrogens with zero attached hydrogens (tertiary/aromatic N) is 3. The lowest BCUT2D eigenvalue weighted by atomic mass is 9.33. The first-order valence-electron chi connectivity index (χ1n) is 38.3. The molecule has 0 fully saturated rings. The van der Waals surface area contributed by atoms with E-state index >= 15 is 0 Å². The first-order valence-corrected chi connectivity index (χ1v) is 38.3. The van der Waals surface area contributed by atoms with Crippen LogP contribution in [0.3, 0.4) is 0 Å². The largest absolute Gasteiger partial charge is 0.310 e. The van der Waals surface area contributed by atoms with Crippen LogP contribution in [0.15, 0.2) is 279 Å². The fourth-order valence-corrected chi connectivity index (χ4v) is 16.7. The highest BCUT2D eigenvalue weighted by Gasteiger charge is 2.46. The second-order valence-electron chi connectivity index (χ2n) is 36.3. The molecule has 0 radical (unpaired) electrons. The van der Waals surface area contributed by atoms with Crippen LogP contribution in [0.2, 0.25) is 0 Å². The van der Waals surface area contributed by atoms with Crippen molar-refractivity contribution in [2.75, 3.05) is 9.80 Å². The zero-order chi connectivity index (χ0) is 74.3. The Balaban J connectivity index is 1.11. The van der Waals surface area contributed by atoms with Crippen LogP contribution in [0.4, 0.5) is 34.1 Å². The molecule has 0 amide bonds. The fourth-order valence-electron chi connectivity index (χ4n) is 16.7. The van der Waals surface area contributed by atoms with Gasteiger partial charge in [0.15, 0.2) is 0 Å². The summed E-state index contributed by atoms with van der Waals surface area (Å²) in [5, 5.41) is 2.53. The molecule has 0 unspecified atom stereocenters. The highest BCUT2D eigenvalue weighted by Crippen LogP contribution is 2.55. The average Bonchev–Trinajstić information content (AvgIpc) is 0.737. The van der Waals surface area contributed by atoms with Crippen molar-refractivity contribution in [1.29, 1.82) is 0 Å². The molecule has 0 saturated carbocycles. The second kappa shape index (κ2) is 25.5. The van der Waals surface area contributed by atoms with Gasteiger partial charge in [0.2, 0.25) is 0 Å². The van der Waals surface area contributed by atoms with E-state index in [4.69, 9.17) is 0 Å². The van der Waals surface area contributed by atoms with Crippen molar-refractivity contribution in [2.24, 2.45) is 0 Å². The molecular weight excluding hydrogens is 1280 g/mol. The maximum absolute atomic E-state index is 2.73. The van der Waals surface area contributed by atoms with Gasteiger partial charge < -0.3 is 14.4 Å². The smallest absolute Gasteiger partial charge is 0.252 e. The van der Waals surface area contributed by atoms with Crippen molar-refractivity contribution < 1.29 is 0 Å². The quantitative estimate of drug-likeness (QED) is 0.133. The van der Waals surface area contributed by atoms with E-state index in [0.29, 0.717) is 0 Å². The van der Waals surface area contributed by atoms with Crippen LogP contribution in [0.25, 0.3) is 94.3 Å². The van der Waals surface area contributed by atoms with Gasteiger partial charge in [0.05, 0.1) is 22.4 Å². The highest BCUT2D eigenvalue weighted by atomic mass is 15.2. The fraction of sp³-hybridized carbons (Fsp3) is 0.235. The van der Waals surface area contributed by atoms with E-state index < -0.39 is 0 Å². The van der Waals surface area contributed by atoms with Crippen LogP contribution in [0.1, 0.15) is 158 Å². The Kier molecular flexibility index (Phi) is 16.8. The standard InChI is InChI=1S/C102H100BN3/c1-97(2,3)72-47-53-88-83(61-72)84-62-73(98(4,5)6)48-54-89(84)104(88)77-49-52-87-91(64-77)106(96-81(67-37-27-21-28-38-67)43-32-44-82(96)68-39-29-22-30-40-68)93-59-71(78-50-46-74(99(7,8)9)63-85(78)102(16,17)18)58-92-94(93)103(87)86-51-45-69(70-55-75(100(10,11)12)60-76(56-70)101(13,14)15)57-90(86)105(92)95-79(65-33-23-19-24-34-65)41-31-42-80(95)66-35-25-20-26-36-66/h19-64H,1-18H3. The predicted octanol–water partition coefficient (Wildman–Crippen LogP) is 26.7. The van der Waals surface area contributed by atoms with Gasteiger partial charge in [0, 0.05) is 61.5 Å². The Morgan fingerprint density at radius 2 is 0.604 bits per heavy atom. The van der Waals surface area contributed by atoms with Gasteiger partial charge in [-0.2, -0.15) is 0 Å². The van der Waals surface area contributed by atoms with Gasteiger partial charge in [-0.3, -0.25) is 0 Å². The number of para-hydroxylation sites is 2. The van der Waals surface area contributed by atoms with E-state index in [-0.39, 0.29) is 39.2 Å². The number of anilines is 6. The lowest BCUT2D eigenvalue weighted by Crippen LogP contribution is -2.61. The third kappa shape index (κ3) is 12.3. The van der Waals surface area contributed by atoms with Crippen molar-refractivity contribution >= 4 is 79.0 Å². The molecule has 1 aromatic heterocycles. The van der Waals surface area contributed by atoms with Gasteiger partial charge in [0.25, 0.3) is 6.71 Å². The number of fused-ring (bicyclic) bond motifs is 7. The van der Waals surface area contributed by atoms with E-state index in [0.717, 1.165) is 89.9 Å². The Hall–Kier alpha value is -10.7. The van der Waals surface area contributed by atoms with Crippen LogP contribution < -0.4 is 26.2 Å². The third-order valence-corrected chi connectivity index (χ3v) is 22.7. The molecule has 13 aromatic carbocycles. The minimum absolute atomic E-state index is 0.0578. The van der Waals surface area contributed by atoms with E-state index in [1.807, 2.05) is 0 Å². The van der Waals surface area contributed by atoms with E-state index in [9.17, 15) is 0 Å². The average molecular weight is 1380 g/mol. The summed E-state index contributed by atoms with van der Waals surface area (Å²) in [5.41, 5.74) is 35.3. The molecule has 0 N–H and O–H groups in total. The lowest BCUT2D eigenvalue weighted by Gasteiger charge is -2.46. The zero-order valence-electron chi connectivity index (χ0n) is 65.5. The number of aromatic nitrogens is 1. The van der Waals surface area contributed by atoms with Crippen molar-refractivity contribution in [1.82, 2.24) is 4.57 Å². The van der Waals surface area contributed by atoms with Crippen molar-refractivity contribution in [3.05, 3.63) is 312 Å². The number of benzene rings is 13. The Bertz CT molecular complexity index is 5530. The minimum Gasteiger partial charge on any atom is -0.310 e. The van der Waals surface area contributed by atoms with Gasteiger partial charge in [-0.15, -0.1) is 0 Å². The molecule has 106 heavy (non-hydrogen) atoms. The molecule has 2 aliphatic rings. The van der Waals surface area contributed by atoms with Crippen LogP contribution in [0, 0.1) is 0 Å². The summed E-state index contributed by atoms with van der Waals surface area (Å²) >= 11 is 0. The summed E-state index contributed by atoms with van der Waals surface area (Å²) in [5.74, 6) is 0. The van der Waals surface area contributed by atoms with Gasteiger partial charge >= 0.3 is 0 Å². The molecule has 0 spiro atoms. The summed E-state index contributed by atoms with van der Waals surface area (Å²) in [7, 11) is 0. The number of hydrogen-bond donors (Lipinski definition) is 0. The molecule has 16 rings (SSSR count). The molecule has 0 aliphatic carbocycles. The van der Waals surface area contributed by atoms with Gasteiger partial charge in [0.1, 0.15) is 0 Å². The molecular formula is C102H100BN3. The topological polar surface area (TPSA) is 11.4 Å². The summed E-state index contributed by atoms with van der Waals surface area (Å²) in [6, 6.07) is 108. The third-order valence-electron chi connectivity index (χ3n) is 22.7.